The average molecular weight is 289 g/mol. The highest BCUT2D eigenvalue weighted by Gasteiger charge is 2.31. The maximum Gasteiger partial charge on any atom is 0.416 e. The molecule has 0 aliphatic heterocycles. The predicted molar refractivity (Wildman–Crippen MR) is 71.9 cm³/mol. The van der Waals surface area contributed by atoms with Gasteiger partial charge >= 0.3 is 6.18 Å². The smallest absolute Gasteiger partial charge is 0.310 e. The fourth-order valence-corrected chi connectivity index (χ4v) is 2.07. The first kappa shape index (κ1) is 16.7. The van der Waals surface area contributed by atoms with Gasteiger partial charge in [0.15, 0.2) is 0 Å². The molecule has 112 valence electrons. The molecule has 0 aromatic heterocycles. The van der Waals surface area contributed by atoms with Crippen molar-refractivity contribution < 1.29 is 17.6 Å². The van der Waals surface area contributed by atoms with E-state index in [1.165, 1.54) is 0 Å². The van der Waals surface area contributed by atoms with Crippen LogP contribution in [0.5, 0.6) is 0 Å². The lowest BCUT2D eigenvalue weighted by atomic mass is 9.98. The van der Waals surface area contributed by atoms with Gasteiger partial charge < -0.3 is 5.32 Å². The minimum absolute atomic E-state index is 0.0748. The molecule has 5 heteroatoms. The topological polar surface area (TPSA) is 12.0 Å². The summed E-state index contributed by atoms with van der Waals surface area (Å²) in [5.74, 6) is -0.609. The molecule has 0 heterocycles. The van der Waals surface area contributed by atoms with Gasteiger partial charge in [-0.05, 0) is 44.0 Å². The molecule has 1 aromatic rings. The third kappa shape index (κ3) is 4.63. The number of rotatable bonds is 7. The Morgan fingerprint density at radius 2 is 2.05 bits per heavy atom. The van der Waals surface area contributed by atoms with Crippen LogP contribution in [0.4, 0.5) is 17.6 Å². The van der Waals surface area contributed by atoms with Crippen LogP contribution in [0.2, 0.25) is 0 Å². The Bertz CT molecular complexity index is 440. The van der Waals surface area contributed by atoms with Crippen molar-refractivity contribution in [3.05, 3.63) is 47.8 Å². The number of unbranched alkanes of at least 4 members (excludes halogenated alkanes) is 1. The first-order valence-corrected chi connectivity index (χ1v) is 6.61. The Hall–Kier alpha value is -1.36. The highest BCUT2D eigenvalue weighted by atomic mass is 19.4. The zero-order chi connectivity index (χ0) is 15.2. The molecule has 0 spiro atoms. The number of alkyl halides is 3. The summed E-state index contributed by atoms with van der Waals surface area (Å²) in [6.07, 6.45) is -0.650. The largest absolute Gasteiger partial charge is 0.416 e. The second-order valence-corrected chi connectivity index (χ2v) is 4.56. The van der Waals surface area contributed by atoms with Crippen LogP contribution < -0.4 is 5.32 Å². The molecule has 0 fully saturated rings. The summed E-state index contributed by atoms with van der Waals surface area (Å²) in [5.41, 5.74) is -0.744. The van der Waals surface area contributed by atoms with E-state index >= 15 is 0 Å². The summed E-state index contributed by atoms with van der Waals surface area (Å²) in [6, 6.07) is 2.14. The molecule has 1 N–H and O–H groups in total. The Balaban J connectivity index is 3.01. The van der Waals surface area contributed by atoms with Crippen molar-refractivity contribution in [2.45, 2.75) is 38.4 Å². The summed E-state index contributed by atoms with van der Waals surface area (Å²) in [6.45, 7) is 6.00. The first-order chi connectivity index (χ1) is 9.40. The van der Waals surface area contributed by atoms with Crippen LogP contribution in [0.3, 0.4) is 0 Å². The van der Waals surface area contributed by atoms with Gasteiger partial charge in [-0.15, -0.1) is 6.58 Å². The van der Waals surface area contributed by atoms with Crippen molar-refractivity contribution in [2.75, 3.05) is 6.54 Å². The third-order valence-electron chi connectivity index (χ3n) is 3.05. The van der Waals surface area contributed by atoms with E-state index in [1.54, 1.807) is 6.08 Å². The van der Waals surface area contributed by atoms with Gasteiger partial charge in [0, 0.05) is 11.6 Å². The van der Waals surface area contributed by atoms with Crippen LogP contribution in [0, 0.1) is 5.82 Å². The van der Waals surface area contributed by atoms with Gasteiger partial charge in [0.2, 0.25) is 0 Å². The molecule has 0 amide bonds. The van der Waals surface area contributed by atoms with Gasteiger partial charge in [0.05, 0.1) is 5.56 Å². The quantitative estimate of drug-likeness (QED) is 0.430. The van der Waals surface area contributed by atoms with E-state index in [0.29, 0.717) is 13.0 Å². The second kappa shape index (κ2) is 7.43. The van der Waals surface area contributed by atoms with Crippen molar-refractivity contribution in [3.63, 3.8) is 0 Å². The number of hydrogen-bond donors (Lipinski definition) is 1. The van der Waals surface area contributed by atoms with E-state index in [1.807, 2.05) is 6.92 Å². The lowest BCUT2D eigenvalue weighted by molar-refractivity contribution is -0.137. The predicted octanol–water partition coefficient (Wildman–Crippen LogP) is 4.85. The minimum atomic E-state index is -4.46. The van der Waals surface area contributed by atoms with E-state index in [2.05, 4.69) is 11.9 Å². The van der Waals surface area contributed by atoms with E-state index in [4.69, 9.17) is 0 Å². The van der Waals surface area contributed by atoms with Crippen molar-refractivity contribution >= 4 is 0 Å². The normalized spacial score (nSPS) is 13.2. The van der Waals surface area contributed by atoms with Gasteiger partial charge in [0.25, 0.3) is 0 Å². The van der Waals surface area contributed by atoms with Crippen molar-refractivity contribution in [3.8, 4) is 0 Å². The van der Waals surface area contributed by atoms with Crippen LogP contribution in [-0.4, -0.2) is 6.54 Å². The monoisotopic (exact) mass is 289 g/mol. The van der Waals surface area contributed by atoms with E-state index in [-0.39, 0.29) is 5.56 Å². The molecule has 1 rings (SSSR count). The summed E-state index contributed by atoms with van der Waals surface area (Å²) in [7, 11) is 0. The molecule has 0 radical (unpaired) electrons. The maximum atomic E-state index is 13.8. The Morgan fingerprint density at radius 3 is 2.60 bits per heavy atom. The van der Waals surface area contributed by atoms with E-state index < -0.39 is 23.6 Å². The van der Waals surface area contributed by atoms with Gasteiger partial charge in [-0.3, -0.25) is 0 Å². The van der Waals surface area contributed by atoms with Gasteiger partial charge in [-0.25, -0.2) is 4.39 Å². The summed E-state index contributed by atoms with van der Waals surface area (Å²) >= 11 is 0. The molecule has 0 bridgehead atoms. The van der Waals surface area contributed by atoms with Crippen LogP contribution in [-0.2, 0) is 6.18 Å². The van der Waals surface area contributed by atoms with Crippen LogP contribution in [0.25, 0.3) is 0 Å². The zero-order valence-electron chi connectivity index (χ0n) is 11.4. The molecule has 0 aliphatic carbocycles. The fourth-order valence-electron chi connectivity index (χ4n) is 2.07. The highest BCUT2D eigenvalue weighted by Crippen LogP contribution is 2.32. The molecule has 20 heavy (non-hydrogen) atoms. The number of nitrogens with one attached hydrogen (secondary N) is 1. The van der Waals surface area contributed by atoms with E-state index in [9.17, 15) is 17.6 Å². The summed E-state index contributed by atoms with van der Waals surface area (Å²) < 4.78 is 51.9. The lowest BCUT2D eigenvalue weighted by Gasteiger charge is -2.20. The zero-order valence-corrected chi connectivity index (χ0v) is 11.4. The first-order valence-electron chi connectivity index (χ1n) is 6.61. The summed E-state index contributed by atoms with van der Waals surface area (Å²) in [4.78, 5) is 0. The maximum absolute atomic E-state index is 13.8. The molecular weight excluding hydrogens is 270 g/mol. The standard InChI is InChI=1S/C15H19F4N/c1-3-5-6-7-14(20-4-2)12-10-11(15(17,18)19)8-9-13(12)16/h3,8-10,14,20H,1,4-7H2,2H3. The third-order valence-corrected chi connectivity index (χ3v) is 3.05. The Morgan fingerprint density at radius 1 is 1.35 bits per heavy atom. The van der Waals surface area contributed by atoms with Gasteiger partial charge in [-0.1, -0.05) is 13.0 Å². The molecule has 1 aromatic carbocycles. The number of allylic oxidation sites excluding steroid dienone is 1. The molecule has 0 saturated heterocycles. The fraction of sp³-hybridized carbons (Fsp3) is 0.467. The Kier molecular flexibility index (Phi) is 6.20. The van der Waals surface area contributed by atoms with Gasteiger partial charge in [-0.2, -0.15) is 13.2 Å². The molecule has 0 saturated carbocycles. The molecule has 0 aliphatic rings. The minimum Gasteiger partial charge on any atom is -0.310 e. The van der Waals surface area contributed by atoms with Crippen LogP contribution in [0.15, 0.2) is 30.9 Å². The van der Waals surface area contributed by atoms with Crippen LogP contribution in [0.1, 0.15) is 43.4 Å². The number of halogens is 4. The summed E-state index contributed by atoms with van der Waals surface area (Å²) in [5, 5.41) is 3.04. The molecule has 1 unspecified atom stereocenters. The molecule has 1 atom stereocenters. The highest BCUT2D eigenvalue weighted by molar-refractivity contribution is 5.29. The average Bonchev–Trinajstić information content (AvgIpc) is 2.37. The Labute approximate surface area is 116 Å². The second-order valence-electron chi connectivity index (χ2n) is 4.56. The van der Waals surface area contributed by atoms with Crippen LogP contribution >= 0.6 is 0 Å². The van der Waals surface area contributed by atoms with Crippen molar-refractivity contribution in [1.29, 1.82) is 0 Å². The molecule has 1 nitrogen and oxygen atoms in total. The van der Waals surface area contributed by atoms with Crippen molar-refractivity contribution in [2.24, 2.45) is 0 Å². The van der Waals surface area contributed by atoms with Gasteiger partial charge in [0.1, 0.15) is 5.82 Å². The van der Waals surface area contributed by atoms with E-state index in [0.717, 1.165) is 31.0 Å². The lowest BCUT2D eigenvalue weighted by Crippen LogP contribution is -2.22. The SMILES string of the molecule is C=CCCCC(NCC)c1cc(C(F)(F)F)ccc1F. The van der Waals surface area contributed by atoms with Crippen molar-refractivity contribution in [1.82, 2.24) is 5.32 Å². The number of hydrogen-bond acceptors (Lipinski definition) is 1. The number of benzene rings is 1. The molecular formula is C15H19F4N.